The Bertz CT molecular complexity index is 939. The second kappa shape index (κ2) is 12.4. The smallest absolute Gasteiger partial charge is 0.135 e. The highest BCUT2D eigenvalue weighted by Crippen LogP contribution is 2.43. The van der Waals surface area contributed by atoms with Crippen LogP contribution in [0.4, 0.5) is 0 Å². The maximum Gasteiger partial charge on any atom is 0.135 e. The molecule has 0 saturated heterocycles. The number of hydrogen-bond donors (Lipinski definition) is 0. The van der Waals surface area contributed by atoms with E-state index in [4.69, 9.17) is 9.47 Å². The number of aryl methyl sites for hydroxylation is 1. The zero-order valence-electron chi connectivity index (χ0n) is 18.5. The summed E-state index contributed by atoms with van der Waals surface area (Å²) in [6, 6.07) is 15.3. The molecule has 0 aliphatic carbocycles. The van der Waals surface area contributed by atoms with Gasteiger partial charge in [-0.15, -0.1) is 0 Å². The van der Waals surface area contributed by atoms with Crippen molar-refractivity contribution < 1.29 is 9.47 Å². The Balaban J connectivity index is 1.99. The molecule has 0 bridgehead atoms. The van der Waals surface area contributed by atoms with E-state index >= 15 is 0 Å². The fourth-order valence-electron chi connectivity index (χ4n) is 3.64. The minimum absolute atomic E-state index is 0.746. The molecule has 0 aliphatic heterocycles. The van der Waals surface area contributed by atoms with E-state index in [0.717, 1.165) is 83.1 Å². The van der Waals surface area contributed by atoms with Gasteiger partial charge in [0.25, 0.3) is 0 Å². The first-order valence-electron chi connectivity index (χ1n) is 11.2. The SMILES string of the molecule is CCSCCCOc1c2ccccc2c(OCCCSCC)c2cc(CC)ccc12. The number of thioether (sulfide) groups is 2. The minimum Gasteiger partial charge on any atom is -0.492 e. The van der Waals surface area contributed by atoms with Gasteiger partial charge in [0.05, 0.1) is 13.2 Å². The molecule has 30 heavy (non-hydrogen) atoms. The van der Waals surface area contributed by atoms with Crippen LogP contribution in [0.25, 0.3) is 21.5 Å². The first-order valence-corrected chi connectivity index (χ1v) is 13.5. The Morgan fingerprint density at radius 3 is 1.73 bits per heavy atom. The van der Waals surface area contributed by atoms with Crippen LogP contribution in [0.1, 0.15) is 39.2 Å². The molecule has 0 amide bonds. The Morgan fingerprint density at radius 1 is 0.667 bits per heavy atom. The van der Waals surface area contributed by atoms with E-state index in [0.29, 0.717) is 0 Å². The van der Waals surface area contributed by atoms with Gasteiger partial charge in [0.15, 0.2) is 0 Å². The maximum absolute atomic E-state index is 6.42. The van der Waals surface area contributed by atoms with Crippen LogP contribution < -0.4 is 9.47 Å². The molecular weight excluding hydrogens is 408 g/mol. The molecule has 3 aromatic rings. The highest BCUT2D eigenvalue weighted by atomic mass is 32.2. The van der Waals surface area contributed by atoms with Crippen LogP contribution in [0.2, 0.25) is 0 Å². The van der Waals surface area contributed by atoms with Crippen molar-refractivity contribution in [2.75, 3.05) is 36.2 Å². The van der Waals surface area contributed by atoms with Crippen molar-refractivity contribution in [1.82, 2.24) is 0 Å². The van der Waals surface area contributed by atoms with Crippen LogP contribution in [0.3, 0.4) is 0 Å². The van der Waals surface area contributed by atoms with Gasteiger partial charge in [-0.25, -0.2) is 0 Å². The van der Waals surface area contributed by atoms with E-state index in [1.165, 1.54) is 10.9 Å². The fourth-order valence-corrected chi connectivity index (χ4v) is 4.86. The number of ether oxygens (including phenoxy) is 2. The average Bonchev–Trinajstić information content (AvgIpc) is 2.79. The lowest BCUT2D eigenvalue weighted by Gasteiger charge is -2.18. The normalized spacial score (nSPS) is 11.3. The third-order valence-corrected chi connectivity index (χ3v) is 7.14. The molecule has 0 atom stereocenters. The van der Waals surface area contributed by atoms with Gasteiger partial charge in [-0.3, -0.25) is 0 Å². The maximum atomic E-state index is 6.42. The summed E-state index contributed by atoms with van der Waals surface area (Å²) in [7, 11) is 0. The van der Waals surface area contributed by atoms with Crippen LogP contribution in [-0.2, 0) is 6.42 Å². The van der Waals surface area contributed by atoms with E-state index in [-0.39, 0.29) is 0 Å². The van der Waals surface area contributed by atoms with Crippen LogP contribution in [0.15, 0.2) is 42.5 Å². The fraction of sp³-hybridized carbons (Fsp3) is 0.462. The highest BCUT2D eigenvalue weighted by Gasteiger charge is 2.16. The molecule has 0 aliphatic rings. The predicted octanol–water partition coefficient (Wildman–Crippen LogP) is 7.60. The lowest BCUT2D eigenvalue weighted by atomic mass is 9.98. The van der Waals surface area contributed by atoms with E-state index < -0.39 is 0 Å². The van der Waals surface area contributed by atoms with Gasteiger partial charge in [-0.05, 0) is 53.9 Å². The zero-order chi connectivity index (χ0) is 21.2. The molecule has 4 heteroatoms. The summed E-state index contributed by atoms with van der Waals surface area (Å²) in [5.41, 5.74) is 1.33. The number of hydrogen-bond acceptors (Lipinski definition) is 4. The molecule has 0 unspecified atom stereocenters. The second-order valence-corrected chi connectivity index (χ2v) is 10.0. The van der Waals surface area contributed by atoms with Gasteiger partial charge >= 0.3 is 0 Å². The Hall–Kier alpha value is -1.52. The second-order valence-electron chi connectivity index (χ2n) is 7.24. The third-order valence-electron chi connectivity index (χ3n) is 5.16. The van der Waals surface area contributed by atoms with Crippen molar-refractivity contribution >= 4 is 45.1 Å². The molecule has 2 nitrogen and oxygen atoms in total. The van der Waals surface area contributed by atoms with E-state index in [1.807, 2.05) is 23.5 Å². The Labute approximate surface area is 190 Å². The number of fused-ring (bicyclic) bond motifs is 2. The lowest BCUT2D eigenvalue weighted by Crippen LogP contribution is -2.03. The number of rotatable bonds is 13. The van der Waals surface area contributed by atoms with Crippen molar-refractivity contribution in [3.8, 4) is 11.5 Å². The molecule has 3 rings (SSSR count). The van der Waals surface area contributed by atoms with Crippen LogP contribution in [0, 0.1) is 0 Å². The van der Waals surface area contributed by atoms with E-state index in [1.54, 1.807) is 0 Å². The Morgan fingerprint density at radius 2 is 1.20 bits per heavy atom. The van der Waals surface area contributed by atoms with Crippen LogP contribution in [-0.4, -0.2) is 36.2 Å². The molecule has 0 saturated carbocycles. The van der Waals surface area contributed by atoms with Gasteiger partial charge < -0.3 is 9.47 Å². The average molecular weight is 443 g/mol. The monoisotopic (exact) mass is 442 g/mol. The summed E-state index contributed by atoms with van der Waals surface area (Å²) in [5, 5.41) is 4.63. The molecule has 0 N–H and O–H groups in total. The third kappa shape index (κ3) is 5.79. The molecule has 162 valence electrons. The van der Waals surface area contributed by atoms with Crippen molar-refractivity contribution in [3.05, 3.63) is 48.0 Å². The number of benzene rings is 3. The summed E-state index contributed by atoms with van der Waals surface area (Å²) >= 11 is 3.94. The van der Waals surface area contributed by atoms with Gasteiger partial charge in [-0.2, -0.15) is 23.5 Å². The predicted molar refractivity (Wildman–Crippen MR) is 137 cm³/mol. The largest absolute Gasteiger partial charge is 0.492 e. The van der Waals surface area contributed by atoms with Gasteiger partial charge in [0.2, 0.25) is 0 Å². The highest BCUT2D eigenvalue weighted by molar-refractivity contribution is 7.99. The van der Waals surface area contributed by atoms with E-state index in [2.05, 4.69) is 63.2 Å². The first-order chi connectivity index (χ1) is 14.8. The van der Waals surface area contributed by atoms with E-state index in [9.17, 15) is 0 Å². The summed E-state index contributed by atoms with van der Waals surface area (Å²) in [6.07, 6.45) is 3.14. The molecule has 0 radical (unpaired) electrons. The molecule has 0 fully saturated rings. The lowest BCUT2D eigenvalue weighted by molar-refractivity contribution is 0.321. The first kappa shape index (κ1) is 23.1. The van der Waals surface area contributed by atoms with Crippen molar-refractivity contribution in [2.45, 2.75) is 40.0 Å². The molecule has 0 spiro atoms. The van der Waals surface area contributed by atoms with Crippen molar-refractivity contribution in [2.24, 2.45) is 0 Å². The van der Waals surface area contributed by atoms with Gasteiger partial charge in [0.1, 0.15) is 11.5 Å². The van der Waals surface area contributed by atoms with Gasteiger partial charge in [-0.1, -0.05) is 57.2 Å². The minimum atomic E-state index is 0.746. The summed E-state index contributed by atoms with van der Waals surface area (Å²) < 4.78 is 12.8. The zero-order valence-corrected chi connectivity index (χ0v) is 20.2. The summed E-state index contributed by atoms with van der Waals surface area (Å²) in [6.45, 7) is 8.11. The molecule has 3 aromatic carbocycles. The van der Waals surface area contributed by atoms with Crippen molar-refractivity contribution in [3.63, 3.8) is 0 Å². The summed E-state index contributed by atoms with van der Waals surface area (Å²) in [5.74, 6) is 6.61. The standard InChI is InChI=1S/C26H34O2S2/c1-4-20-13-14-23-24(19-20)26(28-16-10-18-30-6-3)22-12-8-7-11-21(22)25(23)27-15-9-17-29-5-2/h7-8,11-14,19H,4-6,9-10,15-18H2,1-3H3. The topological polar surface area (TPSA) is 18.5 Å². The quantitative estimate of drug-likeness (QED) is 0.200. The van der Waals surface area contributed by atoms with Crippen molar-refractivity contribution in [1.29, 1.82) is 0 Å². The van der Waals surface area contributed by atoms with Crippen LogP contribution >= 0.6 is 23.5 Å². The molecule has 0 heterocycles. The summed E-state index contributed by atoms with van der Waals surface area (Å²) in [4.78, 5) is 0. The molecule has 0 aromatic heterocycles. The van der Waals surface area contributed by atoms with Gasteiger partial charge in [0, 0.05) is 21.5 Å². The molecular formula is C26H34O2S2. The van der Waals surface area contributed by atoms with Crippen LogP contribution in [0.5, 0.6) is 11.5 Å². The Kier molecular flexibility index (Phi) is 9.54.